The molecule has 0 unspecified atom stereocenters. The van der Waals surface area contributed by atoms with Crippen LogP contribution in [-0.4, -0.2) is 13.4 Å². The first-order valence-electron chi connectivity index (χ1n) is 6.35. The Bertz CT molecular complexity index is 784. The number of furan rings is 1. The van der Waals surface area contributed by atoms with Gasteiger partial charge in [0, 0.05) is 16.5 Å². The van der Waals surface area contributed by atoms with E-state index in [1.165, 1.54) is 5.56 Å². The van der Waals surface area contributed by atoms with Crippen LogP contribution in [0.5, 0.6) is 5.75 Å². The standard InChI is InChI=1S/C17H14O3/c1-11-4-3-5-13(6-11)15-9-14-7-12(10-18)8-16(19-2)17(14)20-15/h3-10H,1-2H3. The van der Waals surface area contributed by atoms with Crippen LogP contribution in [0.2, 0.25) is 0 Å². The highest BCUT2D eigenvalue weighted by Crippen LogP contribution is 2.34. The summed E-state index contributed by atoms with van der Waals surface area (Å²) in [6.45, 7) is 2.04. The van der Waals surface area contributed by atoms with Crippen molar-refractivity contribution >= 4 is 17.3 Å². The van der Waals surface area contributed by atoms with Crippen LogP contribution < -0.4 is 4.74 Å². The fourth-order valence-electron chi connectivity index (χ4n) is 2.30. The van der Waals surface area contributed by atoms with Crippen LogP contribution in [0.25, 0.3) is 22.3 Å². The molecule has 0 saturated heterocycles. The minimum Gasteiger partial charge on any atom is -0.493 e. The number of methoxy groups -OCH3 is 1. The number of aldehydes is 1. The van der Waals surface area contributed by atoms with Crippen LogP contribution in [0.3, 0.4) is 0 Å². The Hall–Kier alpha value is -2.55. The zero-order chi connectivity index (χ0) is 14.1. The first kappa shape index (κ1) is 12.5. The van der Waals surface area contributed by atoms with E-state index in [0.29, 0.717) is 16.9 Å². The third kappa shape index (κ3) is 2.07. The number of benzene rings is 2. The molecule has 2 aromatic carbocycles. The van der Waals surface area contributed by atoms with E-state index in [9.17, 15) is 4.79 Å². The molecule has 0 bridgehead atoms. The van der Waals surface area contributed by atoms with Gasteiger partial charge in [0.25, 0.3) is 0 Å². The van der Waals surface area contributed by atoms with Crippen LogP contribution in [0.4, 0.5) is 0 Å². The van der Waals surface area contributed by atoms with Gasteiger partial charge in [-0.2, -0.15) is 0 Å². The maximum absolute atomic E-state index is 11.0. The predicted molar refractivity (Wildman–Crippen MR) is 78.3 cm³/mol. The molecular formula is C17H14O3. The van der Waals surface area contributed by atoms with E-state index in [1.54, 1.807) is 19.2 Å². The van der Waals surface area contributed by atoms with Crippen molar-refractivity contribution in [3.05, 3.63) is 53.6 Å². The number of fused-ring (bicyclic) bond motifs is 1. The van der Waals surface area contributed by atoms with Gasteiger partial charge in [-0.05, 0) is 31.2 Å². The van der Waals surface area contributed by atoms with Gasteiger partial charge in [-0.1, -0.05) is 23.8 Å². The molecule has 0 fully saturated rings. The minimum absolute atomic E-state index is 0.573. The number of hydrogen-bond donors (Lipinski definition) is 0. The number of aryl methyl sites for hydroxylation is 1. The summed E-state index contributed by atoms with van der Waals surface area (Å²) in [5, 5.41) is 0.864. The molecule has 3 rings (SSSR count). The summed E-state index contributed by atoms with van der Waals surface area (Å²) in [5.41, 5.74) is 3.42. The first-order chi connectivity index (χ1) is 9.71. The van der Waals surface area contributed by atoms with Crippen molar-refractivity contribution in [1.29, 1.82) is 0 Å². The van der Waals surface area contributed by atoms with Crippen molar-refractivity contribution in [2.45, 2.75) is 6.92 Å². The van der Waals surface area contributed by atoms with Crippen LogP contribution in [0, 0.1) is 6.92 Å². The van der Waals surface area contributed by atoms with Crippen molar-refractivity contribution in [2.75, 3.05) is 7.11 Å². The molecule has 3 heteroatoms. The third-order valence-electron chi connectivity index (χ3n) is 3.26. The number of carbonyl (C=O) groups is 1. The number of carbonyl (C=O) groups excluding carboxylic acids is 1. The Morgan fingerprint density at radius 3 is 2.70 bits per heavy atom. The highest BCUT2D eigenvalue weighted by Gasteiger charge is 2.12. The second-order valence-corrected chi connectivity index (χ2v) is 4.74. The highest BCUT2D eigenvalue weighted by molar-refractivity contribution is 5.92. The molecule has 3 aromatic rings. The van der Waals surface area contributed by atoms with Gasteiger partial charge < -0.3 is 9.15 Å². The van der Waals surface area contributed by atoms with Crippen molar-refractivity contribution in [3.8, 4) is 17.1 Å². The van der Waals surface area contributed by atoms with Crippen LogP contribution in [0.1, 0.15) is 15.9 Å². The van der Waals surface area contributed by atoms with Gasteiger partial charge in [0.1, 0.15) is 12.0 Å². The lowest BCUT2D eigenvalue weighted by Gasteiger charge is -2.01. The molecule has 20 heavy (non-hydrogen) atoms. The monoisotopic (exact) mass is 266 g/mol. The Balaban J connectivity index is 2.22. The van der Waals surface area contributed by atoms with Gasteiger partial charge in [0.15, 0.2) is 11.3 Å². The first-order valence-corrected chi connectivity index (χ1v) is 6.35. The molecule has 1 heterocycles. The van der Waals surface area contributed by atoms with E-state index >= 15 is 0 Å². The van der Waals surface area contributed by atoms with Gasteiger partial charge in [0.2, 0.25) is 0 Å². The zero-order valence-corrected chi connectivity index (χ0v) is 11.3. The second-order valence-electron chi connectivity index (χ2n) is 4.74. The molecular weight excluding hydrogens is 252 g/mol. The molecule has 3 nitrogen and oxygen atoms in total. The Kier molecular flexibility index (Phi) is 3.03. The van der Waals surface area contributed by atoms with Crippen LogP contribution in [0.15, 0.2) is 46.9 Å². The van der Waals surface area contributed by atoms with Crippen LogP contribution in [-0.2, 0) is 0 Å². The molecule has 100 valence electrons. The summed E-state index contributed by atoms with van der Waals surface area (Å²) in [4.78, 5) is 11.0. The molecule has 0 aliphatic rings. The summed E-state index contributed by atoms with van der Waals surface area (Å²) >= 11 is 0. The Labute approximate surface area is 116 Å². The quantitative estimate of drug-likeness (QED) is 0.666. The largest absolute Gasteiger partial charge is 0.493 e. The molecule has 0 radical (unpaired) electrons. The fraction of sp³-hybridized carbons (Fsp3) is 0.118. The van der Waals surface area contributed by atoms with E-state index in [-0.39, 0.29) is 0 Å². The lowest BCUT2D eigenvalue weighted by molar-refractivity contribution is 0.112. The fourth-order valence-corrected chi connectivity index (χ4v) is 2.30. The predicted octanol–water partition coefficient (Wildman–Crippen LogP) is 4.23. The maximum Gasteiger partial charge on any atom is 0.176 e. The molecule has 0 N–H and O–H groups in total. The summed E-state index contributed by atoms with van der Waals surface area (Å²) in [7, 11) is 1.57. The van der Waals surface area contributed by atoms with Crippen molar-refractivity contribution in [1.82, 2.24) is 0 Å². The lowest BCUT2D eigenvalue weighted by atomic mass is 10.1. The highest BCUT2D eigenvalue weighted by atomic mass is 16.5. The molecule has 0 atom stereocenters. The third-order valence-corrected chi connectivity index (χ3v) is 3.26. The molecule has 0 saturated carbocycles. The molecule has 1 aromatic heterocycles. The second kappa shape index (κ2) is 4.85. The minimum atomic E-state index is 0.573. The van der Waals surface area contributed by atoms with Crippen molar-refractivity contribution in [3.63, 3.8) is 0 Å². The Morgan fingerprint density at radius 1 is 1.15 bits per heavy atom. The summed E-state index contributed by atoms with van der Waals surface area (Å²) < 4.78 is 11.2. The van der Waals surface area contributed by atoms with E-state index in [4.69, 9.17) is 9.15 Å². The Morgan fingerprint density at radius 2 is 2.00 bits per heavy atom. The number of ether oxygens (including phenoxy) is 1. The SMILES string of the molecule is COc1cc(C=O)cc2cc(-c3cccc(C)c3)oc12. The normalized spacial score (nSPS) is 10.7. The van der Waals surface area contributed by atoms with Gasteiger partial charge >= 0.3 is 0 Å². The molecule has 0 spiro atoms. The summed E-state index contributed by atoms with van der Waals surface area (Å²) in [6, 6.07) is 13.5. The van der Waals surface area contributed by atoms with Gasteiger partial charge in [-0.3, -0.25) is 4.79 Å². The van der Waals surface area contributed by atoms with E-state index in [0.717, 1.165) is 23.0 Å². The number of rotatable bonds is 3. The van der Waals surface area contributed by atoms with Gasteiger partial charge in [-0.15, -0.1) is 0 Å². The van der Waals surface area contributed by atoms with Crippen molar-refractivity contribution < 1.29 is 13.9 Å². The topological polar surface area (TPSA) is 39.4 Å². The van der Waals surface area contributed by atoms with Crippen molar-refractivity contribution in [2.24, 2.45) is 0 Å². The number of hydrogen-bond acceptors (Lipinski definition) is 3. The maximum atomic E-state index is 11.0. The smallest absolute Gasteiger partial charge is 0.176 e. The average Bonchev–Trinajstić information content (AvgIpc) is 2.90. The summed E-state index contributed by atoms with van der Waals surface area (Å²) in [5.74, 6) is 1.34. The van der Waals surface area contributed by atoms with E-state index in [1.807, 2.05) is 31.2 Å². The van der Waals surface area contributed by atoms with Gasteiger partial charge in [-0.25, -0.2) is 0 Å². The van der Waals surface area contributed by atoms with E-state index < -0.39 is 0 Å². The molecule has 0 amide bonds. The molecule has 0 aliphatic heterocycles. The van der Waals surface area contributed by atoms with Gasteiger partial charge in [0.05, 0.1) is 7.11 Å². The summed E-state index contributed by atoms with van der Waals surface area (Å²) in [6.07, 6.45) is 0.807. The van der Waals surface area contributed by atoms with Crippen LogP contribution >= 0.6 is 0 Å². The lowest BCUT2D eigenvalue weighted by Crippen LogP contribution is -1.86. The average molecular weight is 266 g/mol. The van der Waals surface area contributed by atoms with E-state index in [2.05, 4.69) is 6.07 Å². The zero-order valence-electron chi connectivity index (χ0n) is 11.3. The molecule has 0 aliphatic carbocycles.